The first-order valence-electron chi connectivity index (χ1n) is 13.0. The van der Waals surface area contributed by atoms with Crippen LogP contribution in [-0.2, 0) is 15.8 Å². The van der Waals surface area contributed by atoms with Crippen LogP contribution in [-0.4, -0.2) is 34.0 Å². The largest absolute Gasteiger partial charge is 0.491 e. The highest BCUT2D eigenvalue weighted by molar-refractivity contribution is 5.66. The maximum atomic E-state index is 10.7. The molecule has 0 aliphatic carbocycles. The lowest BCUT2D eigenvalue weighted by atomic mass is 9.70. The van der Waals surface area contributed by atoms with E-state index in [-0.39, 0.29) is 24.9 Å². The molecule has 3 aromatic rings. The van der Waals surface area contributed by atoms with Crippen LogP contribution in [0.2, 0.25) is 0 Å². The molecule has 0 fully saturated rings. The third-order valence-corrected chi connectivity index (χ3v) is 7.31. The van der Waals surface area contributed by atoms with Crippen molar-refractivity contribution in [3.05, 3.63) is 76.5 Å². The molecule has 0 saturated carbocycles. The van der Waals surface area contributed by atoms with E-state index in [4.69, 9.17) is 14.3 Å². The average molecular weight is 509 g/mol. The van der Waals surface area contributed by atoms with Crippen molar-refractivity contribution in [2.75, 3.05) is 6.61 Å². The van der Waals surface area contributed by atoms with Crippen LogP contribution in [0.4, 0.5) is 0 Å². The fourth-order valence-electron chi connectivity index (χ4n) is 4.95. The smallest absolute Gasteiger partial charge is 0.303 e. The van der Waals surface area contributed by atoms with Gasteiger partial charge in [0.1, 0.15) is 29.5 Å². The summed E-state index contributed by atoms with van der Waals surface area (Å²) in [5, 5.41) is 29.1. The van der Waals surface area contributed by atoms with Crippen LogP contribution >= 0.6 is 0 Å². The molecule has 0 saturated heterocycles. The fourth-order valence-corrected chi connectivity index (χ4v) is 4.95. The van der Waals surface area contributed by atoms with E-state index >= 15 is 0 Å². The number of aryl methyl sites for hydroxylation is 2. The highest BCUT2D eigenvalue weighted by Gasteiger charge is 2.32. The zero-order valence-corrected chi connectivity index (χ0v) is 22.8. The van der Waals surface area contributed by atoms with Gasteiger partial charge in [0.05, 0.1) is 6.10 Å². The molecule has 1 atom stereocenters. The second-order valence-corrected chi connectivity index (χ2v) is 10.4. The lowest BCUT2D eigenvalue weighted by Gasteiger charge is -2.34. The maximum Gasteiger partial charge on any atom is 0.303 e. The van der Waals surface area contributed by atoms with Gasteiger partial charge in [-0.1, -0.05) is 44.2 Å². The SMILES string of the molecule is CCC(CC)(c1ccc(OCC(O)CCC(=O)O)c(C)c1)c1ccc(-c2ccc(C(C)(C)O)o2)c(C)c1. The molecule has 2 aromatic carbocycles. The van der Waals surface area contributed by atoms with Crippen molar-refractivity contribution in [1.82, 2.24) is 0 Å². The highest BCUT2D eigenvalue weighted by Crippen LogP contribution is 2.42. The van der Waals surface area contributed by atoms with E-state index in [0.717, 1.165) is 35.3 Å². The molecule has 0 aliphatic rings. The number of benzene rings is 2. The molecule has 3 rings (SSSR count). The van der Waals surface area contributed by atoms with Gasteiger partial charge in [0, 0.05) is 17.4 Å². The Bertz CT molecular complexity index is 1210. The summed E-state index contributed by atoms with van der Waals surface area (Å²) in [6.07, 6.45) is 1.08. The third-order valence-electron chi connectivity index (χ3n) is 7.31. The van der Waals surface area contributed by atoms with E-state index in [2.05, 4.69) is 51.1 Å². The minimum absolute atomic E-state index is 0.0583. The second-order valence-electron chi connectivity index (χ2n) is 10.4. The summed E-state index contributed by atoms with van der Waals surface area (Å²) in [7, 11) is 0. The number of furan rings is 1. The van der Waals surface area contributed by atoms with Crippen molar-refractivity contribution in [2.24, 2.45) is 0 Å². The Morgan fingerprint density at radius 3 is 2.11 bits per heavy atom. The number of aliphatic hydroxyl groups is 2. The van der Waals surface area contributed by atoms with Gasteiger partial charge in [0.25, 0.3) is 0 Å². The van der Waals surface area contributed by atoms with E-state index in [1.807, 2.05) is 25.1 Å². The summed E-state index contributed by atoms with van der Waals surface area (Å²) in [6, 6.07) is 16.4. The number of aliphatic carboxylic acids is 1. The third kappa shape index (κ3) is 6.43. The molecule has 3 N–H and O–H groups in total. The lowest BCUT2D eigenvalue weighted by molar-refractivity contribution is -0.137. The number of ether oxygens (including phenoxy) is 1. The Kier molecular flexibility index (Phi) is 8.88. The minimum atomic E-state index is -1.03. The van der Waals surface area contributed by atoms with Gasteiger partial charge >= 0.3 is 5.97 Å². The van der Waals surface area contributed by atoms with E-state index in [1.165, 1.54) is 11.1 Å². The lowest BCUT2D eigenvalue weighted by Crippen LogP contribution is -2.26. The van der Waals surface area contributed by atoms with Crippen LogP contribution in [0.25, 0.3) is 11.3 Å². The molecule has 0 spiro atoms. The Balaban J connectivity index is 1.87. The van der Waals surface area contributed by atoms with Gasteiger partial charge in [-0.15, -0.1) is 0 Å². The van der Waals surface area contributed by atoms with Gasteiger partial charge in [-0.05, 0) is 87.4 Å². The van der Waals surface area contributed by atoms with Crippen molar-refractivity contribution < 1.29 is 29.3 Å². The summed E-state index contributed by atoms with van der Waals surface area (Å²) in [5.41, 5.74) is 4.28. The first kappa shape index (κ1) is 28.5. The Hall–Kier alpha value is -3.09. The first-order chi connectivity index (χ1) is 17.4. The molecule has 0 aliphatic heterocycles. The predicted molar refractivity (Wildman–Crippen MR) is 145 cm³/mol. The number of carbonyl (C=O) groups is 1. The van der Waals surface area contributed by atoms with Crippen LogP contribution in [0.1, 0.15) is 81.4 Å². The minimum Gasteiger partial charge on any atom is -0.491 e. The molecule has 0 bridgehead atoms. The molecular formula is C31H40O6. The predicted octanol–water partition coefficient (Wildman–Crippen LogP) is 6.50. The summed E-state index contributed by atoms with van der Waals surface area (Å²) in [5.74, 6) is 1.03. The van der Waals surface area contributed by atoms with E-state index < -0.39 is 17.7 Å². The monoisotopic (exact) mass is 508 g/mol. The average Bonchev–Trinajstić information content (AvgIpc) is 3.34. The van der Waals surface area contributed by atoms with Crippen molar-refractivity contribution in [2.45, 2.75) is 84.3 Å². The number of hydrogen-bond donors (Lipinski definition) is 3. The molecule has 1 heterocycles. The summed E-state index contributed by atoms with van der Waals surface area (Å²) in [4.78, 5) is 10.7. The maximum absolute atomic E-state index is 10.7. The molecule has 1 aromatic heterocycles. The van der Waals surface area contributed by atoms with Crippen molar-refractivity contribution in [1.29, 1.82) is 0 Å². The van der Waals surface area contributed by atoms with Gasteiger partial charge < -0.3 is 24.5 Å². The van der Waals surface area contributed by atoms with Gasteiger partial charge in [-0.3, -0.25) is 4.79 Å². The number of hydrogen-bond acceptors (Lipinski definition) is 5. The van der Waals surface area contributed by atoms with Crippen molar-refractivity contribution in [3.63, 3.8) is 0 Å². The molecule has 0 amide bonds. The molecule has 200 valence electrons. The van der Waals surface area contributed by atoms with Crippen molar-refractivity contribution >= 4 is 5.97 Å². The van der Waals surface area contributed by atoms with Gasteiger partial charge in [0.2, 0.25) is 0 Å². The Morgan fingerprint density at radius 2 is 1.59 bits per heavy atom. The Labute approximate surface area is 219 Å². The molecule has 6 heteroatoms. The summed E-state index contributed by atoms with van der Waals surface area (Å²) >= 11 is 0. The van der Waals surface area contributed by atoms with Crippen LogP contribution in [0.5, 0.6) is 5.75 Å². The molecular weight excluding hydrogens is 468 g/mol. The molecule has 6 nitrogen and oxygen atoms in total. The molecule has 1 unspecified atom stereocenters. The standard InChI is InChI=1S/C31H40O6/c1-7-31(8-2,23-10-13-26(21(4)18-23)36-19-24(32)11-16-29(33)34)22-9-12-25(20(3)17-22)27-14-15-28(37-27)30(5,6)35/h9-10,12-15,17-18,24,32,35H,7-8,11,16,19H2,1-6H3,(H,33,34). The second kappa shape index (κ2) is 11.5. The number of rotatable bonds is 12. The van der Waals surface area contributed by atoms with E-state index in [1.54, 1.807) is 13.8 Å². The molecule has 37 heavy (non-hydrogen) atoms. The topological polar surface area (TPSA) is 100 Å². The van der Waals surface area contributed by atoms with Gasteiger partial charge in [-0.25, -0.2) is 0 Å². The Morgan fingerprint density at radius 1 is 0.973 bits per heavy atom. The van der Waals surface area contributed by atoms with E-state index in [0.29, 0.717) is 11.5 Å². The molecule has 0 radical (unpaired) electrons. The van der Waals surface area contributed by atoms with Crippen molar-refractivity contribution in [3.8, 4) is 17.1 Å². The highest BCUT2D eigenvalue weighted by atomic mass is 16.5. The first-order valence-corrected chi connectivity index (χ1v) is 13.0. The quantitative estimate of drug-likeness (QED) is 0.258. The number of carboxylic acid groups (broad SMARTS) is 1. The van der Waals surface area contributed by atoms with Crippen LogP contribution in [0.3, 0.4) is 0 Å². The summed E-state index contributed by atoms with van der Waals surface area (Å²) in [6.45, 7) is 12.0. The van der Waals surface area contributed by atoms with Gasteiger partial charge in [-0.2, -0.15) is 0 Å². The van der Waals surface area contributed by atoms with E-state index in [9.17, 15) is 15.0 Å². The zero-order chi connectivity index (χ0) is 27.4. The van der Waals surface area contributed by atoms with Gasteiger partial charge in [0.15, 0.2) is 0 Å². The number of carboxylic acids is 1. The number of aliphatic hydroxyl groups excluding tert-OH is 1. The van der Waals surface area contributed by atoms with Crippen LogP contribution in [0, 0.1) is 13.8 Å². The fraction of sp³-hybridized carbons (Fsp3) is 0.452. The summed E-state index contributed by atoms with van der Waals surface area (Å²) < 4.78 is 11.8. The van der Waals surface area contributed by atoms with Crippen LogP contribution < -0.4 is 4.74 Å². The normalized spacial score (nSPS) is 13.0. The zero-order valence-electron chi connectivity index (χ0n) is 22.8. The van der Waals surface area contributed by atoms with Crippen LogP contribution in [0.15, 0.2) is 52.9 Å².